The molecule has 0 aliphatic rings. The van der Waals surface area contributed by atoms with E-state index < -0.39 is 5.91 Å². The number of carbonyl (C=O) groups excluding carboxylic acids is 1. The minimum atomic E-state index is -0.395. The molecule has 4 aromatic rings. The van der Waals surface area contributed by atoms with Crippen LogP contribution in [0.2, 0.25) is 0 Å². The molecule has 0 radical (unpaired) electrons. The summed E-state index contributed by atoms with van der Waals surface area (Å²) in [6, 6.07) is 17.7. The van der Waals surface area contributed by atoms with Gasteiger partial charge in [0.25, 0.3) is 0 Å². The summed E-state index contributed by atoms with van der Waals surface area (Å²) >= 11 is 0. The van der Waals surface area contributed by atoms with Crippen LogP contribution in [-0.4, -0.2) is 21.1 Å². The zero-order valence-electron chi connectivity index (χ0n) is 15.4. The predicted octanol–water partition coefficient (Wildman–Crippen LogP) is 4.04. The number of hydrogen-bond donors (Lipinski definition) is 1. The molecule has 4 rings (SSSR count). The summed E-state index contributed by atoms with van der Waals surface area (Å²) < 4.78 is 13.5. The molecule has 142 valence electrons. The maximum absolute atomic E-state index is 13.5. The first-order valence-corrected chi connectivity index (χ1v) is 9.01. The molecule has 0 aliphatic carbocycles. The van der Waals surface area contributed by atoms with E-state index >= 15 is 0 Å². The SMILES string of the molecule is NC(=O)Cc1ccc(-c2ccnnc2)c(-c2ccc(-c3cccc(F)c3)nc2)c1. The van der Waals surface area contributed by atoms with Crippen LogP contribution in [0.4, 0.5) is 4.39 Å². The van der Waals surface area contributed by atoms with Crippen LogP contribution in [0.25, 0.3) is 33.5 Å². The van der Waals surface area contributed by atoms with Gasteiger partial charge >= 0.3 is 0 Å². The number of amides is 1. The number of primary amides is 1. The Labute approximate surface area is 167 Å². The zero-order valence-corrected chi connectivity index (χ0v) is 15.4. The Morgan fingerprint density at radius 2 is 1.72 bits per heavy atom. The molecule has 29 heavy (non-hydrogen) atoms. The van der Waals surface area contributed by atoms with Gasteiger partial charge in [-0.05, 0) is 47.0 Å². The van der Waals surface area contributed by atoms with Gasteiger partial charge in [-0.2, -0.15) is 10.2 Å². The zero-order chi connectivity index (χ0) is 20.2. The van der Waals surface area contributed by atoms with E-state index in [1.807, 2.05) is 42.5 Å². The van der Waals surface area contributed by atoms with Crippen molar-refractivity contribution in [2.45, 2.75) is 6.42 Å². The van der Waals surface area contributed by atoms with E-state index in [2.05, 4.69) is 15.2 Å². The van der Waals surface area contributed by atoms with Gasteiger partial charge < -0.3 is 5.73 Å². The number of hydrogen-bond acceptors (Lipinski definition) is 4. The van der Waals surface area contributed by atoms with E-state index in [9.17, 15) is 9.18 Å². The Hall–Kier alpha value is -3.93. The lowest BCUT2D eigenvalue weighted by Crippen LogP contribution is -2.13. The Kier molecular flexibility index (Phi) is 5.07. The van der Waals surface area contributed by atoms with Gasteiger partial charge in [0.1, 0.15) is 5.82 Å². The summed E-state index contributed by atoms with van der Waals surface area (Å²) in [5.41, 5.74) is 11.2. The van der Waals surface area contributed by atoms with Gasteiger partial charge in [0.2, 0.25) is 5.91 Å². The third-order valence-electron chi connectivity index (χ3n) is 4.55. The van der Waals surface area contributed by atoms with Gasteiger partial charge in [-0.25, -0.2) is 4.39 Å². The van der Waals surface area contributed by atoms with Crippen molar-refractivity contribution in [3.05, 3.63) is 90.6 Å². The third-order valence-corrected chi connectivity index (χ3v) is 4.55. The molecular weight excluding hydrogens is 367 g/mol. The molecule has 1 amide bonds. The topological polar surface area (TPSA) is 81.8 Å². The molecular formula is C23H17FN4O. The molecule has 5 nitrogen and oxygen atoms in total. The van der Waals surface area contributed by atoms with Crippen LogP contribution >= 0.6 is 0 Å². The van der Waals surface area contributed by atoms with Crippen LogP contribution in [0.3, 0.4) is 0 Å². The average Bonchev–Trinajstić information content (AvgIpc) is 2.74. The van der Waals surface area contributed by atoms with Crippen LogP contribution in [0.1, 0.15) is 5.56 Å². The number of carbonyl (C=O) groups is 1. The molecule has 0 saturated carbocycles. The number of benzene rings is 2. The quantitative estimate of drug-likeness (QED) is 0.563. The van der Waals surface area contributed by atoms with Crippen molar-refractivity contribution in [2.75, 3.05) is 0 Å². The molecule has 2 heterocycles. The number of halogens is 1. The van der Waals surface area contributed by atoms with Crippen molar-refractivity contribution >= 4 is 5.91 Å². The third kappa shape index (κ3) is 4.16. The Morgan fingerprint density at radius 1 is 0.862 bits per heavy atom. The first-order valence-electron chi connectivity index (χ1n) is 9.01. The van der Waals surface area contributed by atoms with E-state index in [-0.39, 0.29) is 12.2 Å². The second-order valence-electron chi connectivity index (χ2n) is 6.60. The summed E-state index contributed by atoms with van der Waals surface area (Å²) in [7, 11) is 0. The second-order valence-corrected chi connectivity index (χ2v) is 6.60. The molecule has 0 atom stereocenters. The Bertz CT molecular complexity index is 1160. The fourth-order valence-corrected chi connectivity index (χ4v) is 3.21. The first-order chi connectivity index (χ1) is 14.1. The van der Waals surface area contributed by atoms with Gasteiger partial charge in [0.15, 0.2) is 0 Å². The fraction of sp³-hybridized carbons (Fsp3) is 0.0435. The van der Waals surface area contributed by atoms with Gasteiger partial charge in [-0.3, -0.25) is 9.78 Å². The Morgan fingerprint density at radius 3 is 2.41 bits per heavy atom. The van der Waals surface area contributed by atoms with E-state index in [1.165, 1.54) is 12.1 Å². The number of nitrogens with zero attached hydrogens (tertiary/aromatic N) is 3. The summed E-state index contributed by atoms with van der Waals surface area (Å²) in [6.07, 6.45) is 5.20. The molecule has 6 heteroatoms. The van der Waals surface area contributed by atoms with Crippen LogP contribution in [0.15, 0.2) is 79.3 Å². The van der Waals surface area contributed by atoms with Crippen molar-refractivity contribution in [3.63, 3.8) is 0 Å². The molecule has 0 bridgehead atoms. The van der Waals surface area contributed by atoms with Gasteiger partial charge in [0.05, 0.1) is 24.5 Å². The smallest absolute Gasteiger partial charge is 0.221 e. The van der Waals surface area contributed by atoms with Crippen molar-refractivity contribution in [3.8, 4) is 33.5 Å². The molecule has 2 N–H and O–H groups in total. The van der Waals surface area contributed by atoms with E-state index in [1.54, 1.807) is 24.7 Å². The first kappa shape index (κ1) is 18.4. The Balaban J connectivity index is 1.78. The van der Waals surface area contributed by atoms with Gasteiger partial charge in [0, 0.05) is 22.9 Å². The predicted molar refractivity (Wildman–Crippen MR) is 109 cm³/mol. The normalized spacial score (nSPS) is 10.7. The van der Waals surface area contributed by atoms with Crippen LogP contribution in [0, 0.1) is 5.82 Å². The minimum absolute atomic E-state index is 0.149. The van der Waals surface area contributed by atoms with Crippen molar-refractivity contribution in [1.29, 1.82) is 0 Å². The van der Waals surface area contributed by atoms with Gasteiger partial charge in [-0.15, -0.1) is 0 Å². The molecule has 2 aromatic heterocycles. The number of nitrogens with two attached hydrogens (primary N) is 1. The maximum Gasteiger partial charge on any atom is 0.221 e. The lowest BCUT2D eigenvalue weighted by atomic mass is 9.93. The lowest BCUT2D eigenvalue weighted by molar-refractivity contribution is -0.117. The number of aromatic nitrogens is 3. The van der Waals surface area contributed by atoms with E-state index in [0.717, 1.165) is 27.8 Å². The summed E-state index contributed by atoms with van der Waals surface area (Å²) in [6.45, 7) is 0. The molecule has 0 aliphatic heterocycles. The van der Waals surface area contributed by atoms with Crippen LogP contribution < -0.4 is 5.73 Å². The monoisotopic (exact) mass is 384 g/mol. The summed E-state index contributed by atoms with van der Waals surface area (Å²) in [5.74, 6) is -0.700. The molecule has 0 saturated heterocycles. The average molecular weight is 384 g/mol. The molecule has 0 unspecified atom stereocenters. The van der Waals surface area contributed by atoms with Gasteiger partial charge in [-0.1, -0.05) is 30.3 Å². The summed E-state index contributed by atoms with van der Waals surface area (Å²) in [4.78, 5) is 15.9. The summed E-state index contributed by atoms with van der Waals surface area (Å²) in [5, 5.41) is 7.78. The van der Waals surface area contributed by atoms with Crippen LogP contribution in [-0.2, 0) is 11.2 Å². The largest absolute Gasteiger partial charge is 0.369 e. The standard InChI is InChI=1S/C23H17FN4O/c24-19-3-1-2-16(12-19)22-7-5-17(13-26-22)21-10-15(11-23(25)29)4-6-20(21)18-8-9-27-28-14-18/h1-10,12-14H,11H2,(H2,25,29). The molecule has 0 spiro atoms. The lowest BCUT2D eigenvalue weighted by Gasteiger charge is -2.12. The van der Waals surface area contributed by atoms with Crippen molar-refractivity contribution in [2.24, 2.45) is 5.73 Å². The molecule has 0 fully saturated rings. The highest BCUT2D eigenvalue weighted by atomic mass is 19.1. The van der Waals surface area contributed by atoms with Crippen molar-refractivity contribution in [1.82, 2.24) is 15.2 Å². The maximum atomic E-state index is 13.5. The number of pyridine rings is 1. The highest BCUT2D eigenvalue weighted by Crippen LogP contribution is 2.33. The minimum Gasteiger partial charge on any atom is -0.369 e. The fourth-order valence-electron chi connectivity index (χ4n) is 3.21. The van der Waals surface area contributed by atoms with Crippen molar-refractivity contribution < 1.29 is 9.18 Å². The highest BCUT2D eigenvalue weighted by Gasteiger charge is 2.11. The second kappa shape index (κ2) is 7.98. The van der Waals surface area contributed by atoms with Crippen LogP contribution in [0.5, 0.6) is 0 Å². The number of rotatable bonds is 5. The highest BCUT2D eigenvalue weighted by molar-refractivity contribution is 5.85. The van der Waals surface area contributed by atoms with E-state index in [4.69, 9.17) is 5.73 Å². The van der Waals surface area contributed by atoms with E-state index in [0.29, 0.717) is 11.3 Å². The molecule has 2 aromatic carbocycles.